The summed E-state index contributed by atoms with van der Waals surface area (Å²) in [6.07, 6.45) is 29.6. The van der Waals surface area contributed by atoms with Crippen molar-refractivity contribution < 1.29 is 18.6 Å². The van der Waals surface area contributed by atoms with Crippen molar-refractivity contribution >= 4 is 25.2 Å². The van der Waals surface area contributed by atoms with Crippen molar-refractivity contribution in [2.75, 3.05) is 26.4 Å². The number of hydrogen-bond donors (Lipinski definition) is 0. The first-order valence-corrected chi connectivity index (χ1v) is 22.4. The molecule has 0 bridgehead atoms. The lowest BCUT2D eigenvalue weighted by atomic mass is 9.66. The molecule has 4 nitrogen and oxygen atoms in total. The van der Waals surface area contributed by atoms with E-state index >= 15 is 0 Å². The second kappa shape index (κ2) is 21.1. The maximum Gasteiger partial charge on any atom is 0.493 e. The third-order valence-corrected chi connectivity index (χ3v) is 12.4. The van der Waals surface area contributed by atoms with Crippen molar-refractivity contribution in [1.29, 1.82) is 0 Å². The summed E-state index contributed by atoms with van der Waals surface area (Å²) in [4.78, 5) is 0. The first-order valence-electron chi connectivity index (χ1n) is 22.4. The average Bonchev–Trinajstić information content (AvgIpc) is 3.41. The van der Waals surface area contributed by atoms with Crippen LogP contribution in [0.25, 0.3) is 11.1 Å². The van der Waals surface area contributed by atoms with E-state index in [1.165, 1.54) is 174 Å². The van der Waals surface area contributed by atoms with Gasteiger partial charge in [-0.25, -0.2) is 0 Å². The predicted octanol–water partition coefficient (Wildman–Crippen LogP) is 12.1. The molecular weight excluding hydrogens is 650 g/mol. The minimum Gasteiger partial charge on any atom is -0.407 e. The third kappa shape index (κ3) is 12.2. The van der Waals surface area contributed by atoms with Crippen molar-refractivity contribution in [3.05, 3.63) is 47.5 Å². The highest BCUT2D eigenvalue weighted by atomic mass is 16.6. The van der Waals surface area contributed by atoms with E-state index in [-0.39, 0.29) is 30.5 Å². The van der Waals surface area contributed by atoms with Crippen LogP contribution in [0.2, 0.25) is 0 Å². The molecule has 0 atom stereocenters. The Morgan fingerprint density at radius 2 is 0.736 bits per heavy atom. The molecule has 2 aromatic rings. The Bertz CT molecular complexity index is 1250. The van der Waals surface area contributed by atoms with E-state index in [1.807, 2.05) is 0 Å². The first kappa shape index (κ1) is 42.6. The van der Waals surface area contributed by atoms with E-state index in [0.29, 0.717) is 0 Å². The molecular formula is C47H76B2O4. The van der Waals surface area contributed by atoms with Gasteiger partial charge in [0.2, 0.25) is 0 Å². The Hall–Kier alpha value is -1.59. The molecule has 0 aromatic heterocycles. The molecule has 0 unspecified atom stereocenters. The van der Waals surface area contributed by atoms with Crippen LogP contribution >= 0.6 is 0 Å². The van der Waals surface area contributed by atoms with Crippen LogP contribution < -0.4 is 10.9 Å². The van der Waals surface area contributed by atoms with Crippen LogP contribution in [0.5, 0.6) is 0 Å². The summed E-state index contributed by atoms with van der Waals surface area (Å²) in [6, 6.07) is 14.3. The van der Waals surface area contributed by atoms with Gasteiger partial charge in [-0.1, -0.05) is 206 Å². The van der Waals surface area contributed by atoms with Gasteiger partial charge in [-0.2, -0.15) is 0 Å². The highest BCUT2D eigenvalue weighted by molar-refractivity contribution is 6.62. The smallest absolute Gasteiger partial charge is 0.407 e. The maximum absolute atomic E-state index is 6.38. The topological polar surface area (TPSA) is 36.9 Å². The summed E-state index contributed by atoms with van der Waals surface area (Å²) in [5.74, 6) is 0. The maximum atomic E-state index is 6.38. The van der Waals surface area contributed by atoms with Crippen molar-refractivity contribution in [1.82, 2.24) is 0 Å². The number of benzene rings is 2. The summed E-state index contributed by atoms with van der Waals surface area (Å²) in [5.41, 5.74) is 8.21. The molecule has 2 aromatic carbocycles. The number of fused-ring (bicyclic) bond motifs is 3. The van der Waals surface area contributed by atoms with E-state index in [1.54, 1.807) is 0 Å². The normalized spacial score (nSPS) is 18.7. The molecule has 0 radical (unpaired) electrons. The summed E-state index contributed by atoms with van der Waals surface area (Å²) in [5, 5.41) is 0. The van der Waals surface area contributed by atoms with Crippen LogP contribution in [0.15, 0.2) is 36.4 Å². The molecule has 2 aliphatic heterocycles. The third-order valence-electron chi connectivity index (χ3n) is 12.4. The summed E-state index contributed by atoms with van der Waals surface area (Å²) in [6.45, 7) is 16.4. The first-order chi connectivity index (χ1) is 25.7. The SMILES string of the molecule is CCCCCCCCCCCCC1(CCCCCCCCCCCC)c2cc(B3OCC(C)(C)CO3)ccc2-c2ccc(B3OCC(C)(C)CO3)cc21. The van der Waals surface area contributed by atoms with Crippen molar-refractivity contribution in [3.8, 4) is 11.1 Å². The van der Waals surface area contributed by atoms with E-state index in [4.69, 9.17) is 18.6 Å². The van der Waals surface area contributed by atoms with Gasteiger partial charge in [-0.15, -0.1) is 0 Å². The second-order valence-electron chi connectivity index (χ2n) is 18.8. The van der Waals surface area contributed by atoms with E-state index in [0.717, 1.165) is 26.4 Å². The Kier molecular flexibility index (Phi) is 16.9. The summed E-state index contributed by atoms with van der Waals surface area (Å²) in [7, 11) is -0.598. The molecule has 2 fully saturated rings. The van der Waals surface area contributed by atoms with Gasteiger partial charge in [-0.3, -0.25) is 0 Å². The van der Waals surface area contributed by atoms with Gasteiger partial charge in [0.1, 0.15) is 0 Å². The highest BCUT2D eigenvalue weighted by Crippen LogP contribution is 2.54. The van der Waals surface area contributed by atoms with E-state index in [9.17, 15) is 0 Å². The number of rotatable bonds is 24. The zero-order valence-electron chi connectivity index (χ0n) is 35.1. The largest absolute Gasteiger partial charge is 0.493 e. The Labute approximate surface area is 326 Å². The Morgan fingerprint density at radius 3 is 1.06 bits per heavy atom. The van der Waals surface area contributed by atoms with Crippen LogP contribution in [0.3, 0.4) is 0 Å². The monoisotopic (exact) mass is 727 g/mol. The van der Waals surface area contributed by atoms with Gasteiger partial charge >= 0.3 is 14.2 Å². The van der Waals surface area contributed by atoms with Gasteiger partial charge in [-0.05, 0) is 46.0 Å². The summed E-state index contributed by atoms with van der Waals surface area (Å²) < 4.78 is 25.5. The van der Waals surface area contributed by atoms with Crippen molar-refractivity contribution in [2.45, 2.75) is 188 Å². The predicted molar refractivity (Wildman–Crippen MR) is 228 cm³/mol. The highest BCUT2D eigenvalue weighted by Gasteiger charge is 2.45. The molecule has 0 N–H and O–H groups in total. The molecule has 6 heteroatoms. The lowest BCUT2D eigenvalue weighted by Crippen LogP contribution is -2.48. The molecule has 3 aliphatic rings. The van der Waals surface area contributed by atoms with Gasteiger partial charge in [0, 0.05) is 42.7 Å². The number of unbranched alkanes of at least 4 members (excludes halogenated alkanes) is 18. The second-order valence-corrected chi connectivity index (χ2v) is 18.8. The molecule has 2 heterocycles. The van der Waals surface area contributed by atoms with Crippen LogP contribution in [-0.2, 0) is 24.0 Å². The lowest BCUT2D eigenvalue weighted by molar-refractivity contribution is 0.0342. The molecule has 2 saturated heterocycles. The zero-order chi connectivity index (χ0) is 37.6. The lowest BCUT2D eigenvalue weighted by Gasteiger charge is -2.36. The fourth-order valence-corrected chi connectivity index (χ4v) is 9.09. The quantitative estimate of drug-likeness (QED) is 0.0797. The van der Waals surface area contributed by atoms with Gasteiger partial charge in [0.05, 0.1) is 0 Å². The Morgan fingerprint density at radius 1 is 0.434 bits per heavy atom. The van der Waals surface area contributed by atoms with Crippen LogP contribution in [0, 0.1) is 10.8 Å². The molecule has 0 saturated carbocycles. The van der Waals surface area contributed by atoms with Crippen molar-refractivity contribution in [3.63, 3.8) is 0 Å². The molecule has 5 rings (SSSR count). The van der Waals surface area contributed by atoms with Crippen molar-refractivity contribution in [2.24, 2.45) is 10.8 Å². The standard InChI is InChI=1S/C47H76B2O4/c1-7-9-11-13-15-17-19-21-23-25-31-47(32-26-24-22-20-18-16-14-12-10-8-2)43-33-39(48-50-35-45(3,4)36-51-48)27-29-41(43)42-30-28-40(34-44(42)47)49-52-37-46(5,6)38-53-49/h27-30,33-34H,7-26,31-32,35-38H2,1-6H3. The molecule has 0 amide bonds. The molecule has 53 heavy (non-hydrogen) atoms. The molecule has 294 valence electrons. The fraction of sp³-hybridized carbons (Fsp3) is 0.745. The average molecular weight is 727 g/mol. The van der Waals surface area contributed by atoms with Crippen LogP contribution in [0.4, 0.5) is 0 Å². The number of hydrogen-bond acceptors (Lipinski definition) is 4. The molecule has 0 spiro atoms. The molecule has 1 aliphatic carbocycles. The fourth-order valence-electron chi connectivity index (χ4n) is 9.09. The van der Waals surface area contributed by atoms with Gasteiger partial charge < -0.3 is 18.6 Å². The minimum absolute atomic E-state index is 0.0289. The van der Waals surface area contributed by atoms with Gasteiger partial charge in [0.25, 0.3) is 0 Å². The van der Waals surface area contributed by atoms with E-state index < -0.39 is 0 Å². The van der Waals surface area contributed by atoms with Crippen LogP contribution in [0.1, 0.15) is 194 Å². The summed E-state index contributed by atoms with van der Waals surface area (Å²) >= 11 is 0. The van der Waals surface area contributed by atoms with Crippen LogP contribution in [-0.4, -0.2) is 40.7 Å². The minimum atomic E-state index is -0.299. The van der Waals surface area contributed by atoms with Gasteiger partial charge in [0.15, 0.2) is 0 Å². The van der Waals surface area contributed by atoms with E-state index in [2.05, 4.69) is 77.9 Å². The Balaban J connectivity index is 1.37. The zero-order valence-corrected chi connectivity index (χ0v) is 35.1.